The topological polar surface area (TPSA) is 35.2 Å². The summed E-state index contributed by atoms with van der Waals surface area (Å²) in [4.78, 5) is 1.03. The highest BCUT2D eigenvalue weighted by Crippen LogP contribution is 2.28. The highest BCUT2D eigenvalue weighted by molar-refractivity contribution is 7.98. The molecule has 0 fully saturated rings. The summed E-state index contributed by atoms with van der Waals surface area (Å²) < 4.78 is 18.2. The SMILES string of the molecule is COc1ccc(CN)cc1CSc1ccc(F)cc1. The van der Waals surface area contributed by atoms with Crippen molar-refractivity contribution in [3.8, 4) is 5.75 Å². The van der Waals surface area contributed by atoms with Crippen LogP contribution in [0.2, 0.25) is 0 Å². The van der Waals surface area contributed by atoms with Gasteiger partial charge in [-0.05, 0) is 42.0 Å². The van der Waals surface area contributed by atoms with Crippen molar-refractivity contribution >= 4 is 11.8 Å². The highest BCUT2D eigenvalue weighted by atomic mass is 32.2. The van der Waals surface area contributed by atoms with Crippen LogP contribution in [0.25, 0.3) is 0 Å². The normalized spacial score (nSPS) is 10.5. The lowest BCUT2D eigenvalue weighted by molar-refractivity contribution is 0.411. The molecular formula is C15H16FNOS. The van der Waals surface area contributed by atoms with Crippen LogP contribution < -0.4 is 10.5 Å². The van der Waals surface area contributed by atoms with Gasteiger partial charge in [-0.3, -0.25) is 0 Å². The lowest BCUT2D eigenvalue weighted by Gasteiger charge is -2.10. The Labute approximate surface area is 116 Å². The van der Waals surface area contributed by atoms with Crippen LogP contribution in [0, 0.1) is 5.82 Å². The molecule has 2 aromatic carbocycles. The summed E-state index contributed by atoms with van der Waals surface area (Å²) in [5.41, 5.74) is 7.82. The number of methoxy groups -OCH3 is 1. The summed E-state index contributed by atoms with van der Waals surface area (Å²) in [6, 6.07) is 12.4. The molecule has 0 bridgehead atoms. The summed E-state index contributed by atoms with van der Waals surface area (Å²) >= 11 is 1.64. The van der Waals surface area contributed by atoms with E-state index in [2.05, 4.69) is 6.07 Å². The quantitative estimate of drug-likeness (QED) is 0.848. The molecule has 0 aliphatic carbocycles. The van der Waals surface area contributed by atoms with Crippen LogP contribution in [0.3, 0.4) is 0 Å². The number of hydrogen-bond acceptors (Lipinski definition) is 3. The van der Waals surface area contributed by atoms with Gasteiger partial charge in [-0.15, -0.1) is 11.8 Å². The third-order valence-electron chi connectivity index (χ3n) is 2.79. The van der Waals surface area contributed by atoms with Crippen LogP contribution in [0.4, 0.5) is 4.39 Å². The molecule has 4 heteroatoms. The third-order valence-corrected chi connectivity index (χ3v) is 3.85. The van der Waals surface area contributed by atoms with Crippen molar-refractivity contribution in [2.75, 3.05) is 7.11 Å². The maximum absolute atomic E-state index is 12.8. The Morgan fingerprint density at radius 1 is 1.16 bits per heavy atom. The summed E-state index contributed by atoms with van der Waals surface area (Å²) in [7, 11) is 1.66. The molecule has 0 atom stereocenters. The van der Waals surface area contributed by atoms with Crippen molar-refractivity contribution in [1.82, 2.24) is 0 Å². The van der Waals surface area contributed by atoms with E-state index in [4.69, 9.17) is 10.5 Å². The van der Waals surface area contributed by atoms with Crippen molar-refractivity contribution in [3.05, 3.63) is 59.4 Å². The van der Waals surface area contributed by atoms with Crippen LogP contribution in [0.15, 0.2) is 47.4 Å². The first-order valence-corrected chi connectivity index (χ1v) is 6.95. The number of nitrogens with two attached hydrogens (primary N) is 1. The molecule has 2 N–H and O–H groups in total. The second-order valence-electron chi connectivity index (χ2n) is 4.09. The standard InChI is InChI=1S/C15H16FNOS/c1-18-15-7-2-11(9-17)8-12(15)10-19-14-5-3-13(16)4-6-14/h2-8H,9-10,17H2,1H3. The fourth-order valence-electron chi connectivity index (χ4n) is 1.76. The van der Waals surface area contributed by atoms with E-state index in [1.54, 1.807) is 31.0 Å². The number of hydrogen-bond donors (Lipinski definition) is 1. The van der Waals surface area contributed by atoms with E-state index < -0.39 is 0 Å². The molecule has 0 aromatic heterocycles. The fourth-order valence-corrected chi connectivity index (χ4v) is 2.64. The Morgan fingerprint density at radius 3 is 2.53 bits per heavy atom. The molecule has 2 aromatic rings. The number of halogens is 1. The molecule has 0 saturated carbocycles. The van der Waals surface area contributed by atoms with Gasteiger partial charge in [-0.2, -0.15) is 0 Å². The van der Waals surface area contributed by atoms with Gasteiger partial charge in [0.2, 0.25) is 0 Å². The van der Waals surface area contributed by atoms with Gasteiger partial charge in [0.25, 0.3) is 0 Å². The predicted molar refractivity (Wildman–Crippen MR) is 76.8 cm³/mol. The number of ether oxygens (including phenoxy) is 1. The minimum atomic E-state index is -0.216. The minimum Gasteiger partial charge on any atom is -0.496 e. The van der Waals surface area contributed by atoms with Gasteiger partial charge in [-0.1, -0.05) is 6.07 Å². The van der Waals surface area contributed by atoms with Crippen LogP contribution >= 0.6 is 11.8 Å². The van der Waals surface area contributed by atoms with Crippen LogP contribution in [0.5, 0.6) is 5.75 Å². The molecule has 0 saturated heterocycles. The van der Waals surface area contributed by atoms with E-state index in [1.807, 2.05) is 12.1 Å². The van der Waals surface area contributed by atoms with Gasteiger partial charge in [0.1, 0.15) is 11.6 Å². The molecule has 0 aliphatic rings. The first-order chi connectivity index (χ1) is 9.22. The molecule has 0 aliphatic heterocycles. The Bertz CT molecular complexity index is 542. The molecule has 0 radical (unpaired) electrons. The first kappa shape index (κ1) is 13.9. The first-order valence-electron chi connectivity index (χ1n) is 5.97. The van der Waals surface area contributed by atoms with Crippen molar-refractivity contribution in [2.45, 2.75) is 17.2 Å². The molecular weight excluding hydrogens is 261 g/mol. The second-order valence-corrected chi connectivity index (χ2v) is 5.14. The summed E-state index contributed by atoms with van der Waals surface area (Å²) in [6.45, 7) is 0.512. The molecule has 0 heterocycles. The van der Waals surface area contributed by atoms with Gasteiger partial charge < -0.3 is 10.5 Å². The summed E-state index contributed by atoms with van der Waals surface area (Å²) in [5.74, 6) is 1.40. The maximum atomic E-state index is 12.8. The van der Waals surface area contributed by atoms with Crippen LogP contribution in [0.1, 0.15) is 11.1 Å². The van der Waals surface area contributed by atoms with Crippen molar-refractivity contribution in [2.24, 2.45) is 5.73 Å². The third kappa shape index (κ3) is 3.72. The molecule has 100 valence electrons. The zero-order chi connectivity index (χ0) is 13.7. The maximum Gasteiger partial charge on any atom is 0.123 e. The Balaban J connectivity index is 2.11. The fraction of sp³-hybridized carbons (Fsp3) is 0.200. The van der Waals surface area contributed by atoms with Gasteiger partial charge in [0.05, 0.1) is 7.11 Å². The lowest BCUT2D eigenvalue weighted by atomic mass is 10.1. The van der Waals surface area contributed by atoms with Crippen LogP contribution in [-0.4, -0.2) is 7.11 Å². The Hall–Kier alpha value is -1.52. The largest absolute Gasteiger partial charge is 0.496 e. The lowest BCUT2D eigenvalue weighted by Crippen LogP contribution is -1.98. The predicted octanol–water partition coefficient (Wildman–Crippen LogP) is 3.59. The molecule has 0 amide bonds. The van der Waals surface area contributed by atoms with Gasteiger partial charge in [0.15, 0.2) is 0 Å². The summed E-state index contributed by atoms with van der Waals surface area (Å²) in [6.07, 6.45) is 0. The second kappa shape index (κ2) is 6.59. The van der Waals surface area contributed by atoms with Crippen LogP contribution in [-0.2, 0) is 12.3 Å². The zero-order valence-electron chi connectivity index (χ0n) is 10.7. The Morgan fingerprint density at radius 2 is 1.89 bits per heavy atom. The minimum absolute atomic E-state index is 0.216. The average molecular weight is 277 g/mol. The number of rotatable bonds is 5. The van der Waals surface area contributed by atoms with E-state index >= 15 is 0 Å². The van der Waals surface area contributed by atoms with E-state index in [1.165, 1.54) is 12.1 Å². The van der Waals surface area contributed by atoms with Gasteiger partial charge in [0, 0.05) is 22.8 Å². The molecule has 0 spiro atoms. The van der Waals surface area contributed by atoms with Crippen molar-refractivity contribution in [3.63, 3.8) is 0 Å². The molecule has 2 nitrogen and oxygen atoms in total. The van der Waals surface area contributed by atoms with E-state index in [0.717, 1.165) is 27.5 Å². The van der Waals surface area contributed by atoms with Gasteiger partial charge >= 0.3 is 0 Å². The van der Waals surface area contributed by atoms with Gasteiger partial charge in [-0.25, -0.2) is 4.39 Å². The average Bonchev–Trinajstić information content (AvgIpc) is 2.46. The Kier molecular flexibility index (Phi) is 4.82. The van der Waals surface area contributed by atoms with E-state index in [-0.39, 0.29) is 5.82 Å². The van der Waals surface area contributed by atoms with Crippen molar-refractivity contribution in [1.29, 1.82) is 0 Å². The number of benzene rings is 2. The molecule has 0 unspecified atom stereocenters. The van der Waals surface area contributed by atoms with E-state index in [9.17, 15) is 4.39 Å². The van der Waals surface area contributed by atoms with Crippen molar-refractivity contribution < 1.29 is 9.13 Å². The molecule has 19 heavy (non-hydrogen) atoms. The highest BCUT2D eigenvalue weighted by Gasteiger charge is 2.05. The molecule has 2 rings (SSSR count). The monoisotopic (exact) mass is 277 g/mol. The zero-order valence-corrected chi connectivity index (χ0v) is 11.5. The summed E-state index contributed by atoms with van der Waals surface area (Å²) in [5, 5.41) is 0. The smallest absolute Gasteiger partial charge is 0.123 e. The number of thioether (sulfide) groups is 1. The van der Waals surface area contributed by atoms with E-state index in [0.29, 0.717) is 6.54 Å².